The second-order valence-corrected chi connectivity index (χ2v) is 5.14. The van der Waals surface area contributed by atoms with Gasteiger partial charge in [0, 0.05) is 26.4 Å². The molecule has 0 unspecified atom stereocenters. The molecule has 0 saturated carbocycles. The van der Waals surface area contributed by atoms with Gasteiger partial charge in [-0.1, -0.05) is 0 Å². The normalized spacial score (nSPS) is 12.0. The van der Waals surface area contributed by atoms with Crippen LogP contribution in [0.1, 0.15) is 34.6 Å². The van der Waals surface area contributed by atoms with E-state index in [0.717, 1.165) is 0 Å². The monoisotopic (exact) mass is 342 g/mol. The van der Waals surface area contributed by atoms with Crippen molar-refractivity contribution < 1.29 is 32.5 Å². The molecule has 22 heavy (non-hydrogen) atoms. The molecule has 0 atom stereocenters. The summed E-state index contributed by atoms with van der Waals surface area (Å²) in [6, 6.07) is 0. The third-order valence-corrected chi connectivity index (χ3v) is 3.47. The molecule has 0 radical (unpaired) electrons. The van der Waals surface area contributed by atoms with Crippen LogP contribution in [0.2, 0.25) is 0 Å². The fourth-order valence-electron chi connectivity index (χ4n) is 1.49. The molecular formula is C14H31O7P. The molecular weight excluding hydrogens is 311 g/mol. The van der Waals surface area contributed by atoms with E-state index in [2.05, 4.69) is 0 Å². The Morgan fingerprint density at radius 1 is 0.545 bits per heavy atom. The first-order valence-electron chi connectivity index (χ1n) is 7.86. The molecule has 0 spiro atoms. The van der Waals surface area contributed by atoms with Gasteiger partial charge in [0.1, 0.15) is 13.2 Å². The third kappa shape index (κ3) is 11.7. The highest BCUT2D eigenvalue weighted by Gasteiger charge is 2.19. The zero-order valence-electron chi connectivity index (χ0n) is 14.4. The van der Waals surface area contributed by atoms with Crippen molar-refractivity contribution in [1.29, 1.82) is 0 Å². The largest absolute Gasteiger partial charge is 0.351 e. The molecule has 8 heteroatoms. The highest BCUT2D eigenvalue weighted by atomic mass is 31.2. The highest BCUT2D eigenvalue weighted by Crippen LogP contribution is 2.40. The van der Waals surface area contributed by atoms with E-state index in [9.17, 15) is 0 Å². The van der Waals surface area contributed by atoms with Crippen LogP contribution in [0.4, 0.5) is 0 Å². The minimum atomic E-state index is -1.49. The Kier molecular flexibility index (Phi) is 16.1. The summed E-state index contributed by atoms with van der Waals surface area (Å²) < 4.78 is 38.4. The third-order valence-electron chi connectivity index (χ3n) is 2.28. The average Bonchev–Trinajstić information content (AvgIpc) is 2.50. The van der Waals surface area contributed by atoms with E-state index in [1.165, 1.54) is 0 Å². The summed E-state index contributed by atoms with van der Waals surface area (Å²) in [4.78, 5) is 0. The Balaban J connectivity index is 4.21. The molecule has 0 amide bonds. The zero-order chi connectivity index (χ0) is 16.6. The summed E-state index contributed by atoms with van der Waals surface area (Å²) in [6.07, 6.45) is -0.836. The van der Waals surface area contributed by atoms with Gasteiger partial charge in [-0.05, 0) is 34.6 Å². The van der Waals surface area contributed by atoms with E-state index < -0.39 is 21.2 Å². The molecule has 0 aliphatic heterocycles. The molecule has 0 aromatic carbocycles. The Labute approximate surface area is 135 Å². The molecule has 0 heterocycles. The van der Waals surface area contributed by atoms with Crippen molar-refractivity contribution in [1.82, 2.24) is 0 Å². The van der Waals surface area contributed by atoms with E-state index in [0.29, 0.717) is 33.0 Å². The topological polar surface area (TPSA) is 64.6 Å². The predicted octanol–water partition coefficient (Wildman–Crippen LogP) is 3.08. The lowest BCUT2D eigenvalue weighted by Gasteiger charge is -2.22. The van der Waals surface area contributed by atoms with Crippen LogP contribution < -0.4 is 0 Å². The van der Waals surface area contributed by atoms with E-state index >= 15 is 0 Å². The van der Waals surface area contributed by atoms with Crippen molar-refractivity contribution in [3.63, 3.8) is 0 Å². The molecule has 0 aliphatic carbocycles. The van der Waals surface area contributed by atoms with E-state index in [-0.39, 0.29) is 13.2 Å². The van der Waals surface area contributed by atoms with Gasteiger partial charge < -0.3 is 32.5 Å². The first-order valence-corrected chi connectivity index (χ1v) is 8.96. The van der Waals surface area contributed by atoms with Gasteiger partial charge in [-0.15, -0.1) is 0 Å². The van der Waals surface area contributed by atoms with Gasteiger partial charge in [-0.25, -0.2) is 0 Å². The van der Waals surface area contributed by atoms with Gasteiger partial charge in [0.05, 0.1) is 6.61 Å². The standard InChI is InChI=1S/C14H31O7P/c1-6-15-13(16-7-2)11-20-22(19-10-5)21-12-14(17-8-3)18-9-4/h13-14H,6-12H2,1-5H3. The minimum Gasteiger partial charge on any atom is -0.351 e. The minimum absolute atomic E-state index is 0.251. The van der Waals surface area contributed by atoms with E-state index in [4.69, 9.17) is 32.5 Å². The molecule has 0 bridgehead atoms. The summed E-state index contributed by atoms with van der Waals surface area (Å²) >= 11 is 0. The second-order valence-electron chi connectivity index (χ2n) is 3.91. The van der Waals surface area contributed by atoms with Crippen molar-refractivity contribution in [3.05, 3.63) is 0 Å². The first-order chi connectivity index (χ1) is 10.7. The molecule has 0 aromatic rings. The number of hydrogen-bond donors (Lipinski definition) is 0. The van der Waals surface area contributed by atoms with Gasteiger partial charge >= 0.3 is 8.60 Å². The fraction of sp³-hybridized carbons (Fsp3) is 1.00. The van der Waals surface area contributed by atoms with Crippen LogP contribution in [0, 0.1) is 0 Å². The quantitative estimate of drug-likeness (QED) is 0.315. The molecule has 134 valence electrons. The van der Waals surface area contributed by atoms with Crippen LogP contribution >= 0.6 is 8.60 Å². The Bertz CT molecular complexity index is 201. The summed E-state index contributed by atoms with van der Waals surface area (Å²) in [6.45, 7) is 12.7. The predicted molar refractivity (Wildman–Crippen MR) is 84.5 cm³/mol. The number of hydrogen-bond acceptors (Lipinski definition) is 7. The Morgan fingerprint density at radius 3 is 1.18 bits per heavy atom. The van der Waals surface area contributed by atoms with Gasteiger partial charge in [-0.2, -0.15) is 0 Å². The van der Waals surface area contributed by atoms with Crippen LogP contribution in [-0.4, -0.2) is 58.8 Å². The lowest BCUT2D eigenvalue weighted by Crippen LogP contribution is -2.25. The Hall–Kier alpha value is 0.150. The maximum atomic E-state index is 5.62. The lowest BCUT2D eigenvalue weighted by molar-refractivity contribution is -0.161. The van der Waals surface area contributed by atoms with Crippen molar-refractivity contribution in [3.8, 4) is 0 Å². The molecule has 0 fully saturated rings. The van der Waals surface area contributed by atoms with Gasteiger partial charge in [-0.3, -0.25) is 0 Å². The van der Waals surface area contributed by atoms with Crippen LogP contribution in [-0.2, 0) is 32.5 Å². The van der Waals surface area contributed by atoms with Crippen LogP contribution in [0.15, 0.2) is 0 Å². The summed E-state index contributed by atoms with van der Waals surface area (Å²) in [5.41, 5.74) is 0. The summed E-state index contributed by atoms with van der Waals surface area (Å²) in [7, 11) is -1.49. The first kappa shape index (κ1) is 22.1. The SMILES string of the molecule is CCOC(COP(OCC)OCC(OCC)OCC)OCC. The zero-order valence-corrected chi connectivity index (χ0v) is 15.3. The Morgan fingerprint density at radius 2 is 0.909 bits per heavy atom. The molecule has 7 nitrogen and oxygen atoms in total. The van der Waals surface area contributed by atoms with E-state index in [1.807, 2.05) is 34.6 Å². The molecule has 0 aliphatic rings. The van der Waals surface area contributed by atoms with Crippen molar-refractivity contribution in [2.24, 2.45) is 0 Å². The second kappa shape index (κ2) is 16.0. The summed E-state index contributed by atoms with van der Waals surface area (Å²) in [5, 5.41) is 0. The molecule has 0 saturated heterocycles. The van der Waals surface area contributed by atoms with Crippen LogP contribution in [0.3, 0.4) is 0 Å². The number of rotatable bonds is 16. The van der Waals surface area contributed by atoms with Crippen molar-refractivity contribution >= 4 is 8.60 Å². The summed E-state index contributed by atoms with van der Waals surface area (Å²) in [5.74, 6) is 0. The van der Waals surface area contributed by atoms with Crippen molar-refractivity contribution in [2.75, 3.05) is 46.2 Å². The maximum absolute atomic E-state index is 5.62. The van der Waals surface area contributed by atoms with Gasteiger partial charge in [0.15, 0.2) is 12.6 Å². The fourth-order valence-corrected chi connectivity index (χ4v) is 2.41. The van der Waals surface area contributed by atoms with Gasteiger partial charge in [0.25, 0.3) is 0 Å². The maximum Gasteiger partial charge on any atom is 0.333 e. The van der Waals surface area contributed by atoms with Crippen LogP contribution in [0.5, 0.6) is 0 Å². The molecule has 0 aromatic heterocycles. The highest BCUT2D eigenvalue weighted by molar-refractivity contribution is 7.41. The van der Waals surface area contributed by atoms with Gasteiger partial charge in [0.2, 0.25) is 0 Å². The van der Waals surface area contributed by atoms with E-state index in [1.54, 1.807) is 0 Å². The smallest absolute Gasteiger partial charge is 0.333 e. The van der Waals surface area contributed by atoms with Crippen LogP contribution in [0.25, 0.3) is 0 Å². The average molecular weight is 342 g/mol. The molecule has 0 N–H and O–H groups in total. The molecule has 0 rings (SSSR count). The number of ether oxygens (including phenoxy) is 4. The van der Waals surface area contributed by atoms with Crippen molar-refractivity contribution in [2.45, 2.75) is 47.2 Å². The lowest BCUT2D eigenvalue weighted by atomic mass is 10.6.